The van der Waals surface area contributed by atoms with Crippen LogP contribution >= 0.6 is 0 Å². The average molecular weight is 202 g/mol. The van der Waals surface area contributed by atoms with E-state index in [1.165, 1.54) is 0 Å². The molecule has 0 fully saturated rings. The molecule has 0 aliphatic heterocycles. The SMILES string of the molecule is CCNC(C)(CC(C)OCC)C(N)=O. The summed E-state index contributed by atoms with van der Waals surface area (Å²) in [6.07, 6.45) is 0.640. The van der Waals surface area contributed by atoms with E-state index in [4.69, 9.17) is 10.5 Å². The van der Waals surface area contributed by atoms with E-state index in [1.54, 1.807) is 0 Å². The number of nitrogens with two attached hydrogens (primary N) is 1. The number of hydrogen-bond donors (Lipinski definition) is 2. The Morgan fingerprint density at radius 2 is 2.14 bits per heavy atom. The lowest BCUT2D eigenvalue weighted by Crippen LogP contribution is -2.54. The summed E-state index contributed by atoms with van der Waals surface area (Å²) < 4.78 is 5.39. The predicted molar refractivity (Wildman–Crippen MR) is 57.0 cm³/mol. The molecule has 1 amide bonds. The fourth-order valence-corrected chi connectivity index (χ4v) is 1.57. The maximum Gasteiger partial charge on any atom is 0.237 e. The summed E-state index contributed by atoms with van der Waals surface area (Å²) in [5.41, 5.74) is 4.68. The number of primary amides is 1. The zero-order valence-corrected chi connectivity index (χ0v) is 9.59. The molecule has 2 atom stereocenters. The van der Waals surface area contributed by atoms with Crippen molar-refractivity contribution < 1.29 is 9.53 Å². The molecule has 0 aromatic carbocycles. The van der Waals surface area contributed by atoms with Crippen molar-refractivity contribution in [2.24, 2.45) is 5.73 Å². The molecule has 0 rings (SSSR count). The molecule has 84 valence electrons. The molecule has 2 unspecified atom stereocenters. The molecular weight excluding hydrogens is 180 g/mol. The Bertz CT molecular complexity index is 185. The van der Waals surface area contributed by atoms with Crippen molar-refractivity contribution in [2.75, 3.05) is 13.2 Å². The smallest absolute Gasteiger partial charge is 0.237 e. The molecule has 0 heterocycles. The van der Waals surface area contributed by atoms with Gasteiger partial charge in [-0.3, -0.25) is 4.79 Å². The lowest BCUT2D eigenvalue weighted by molar-refractivity contribution is -0.125. The maximum atomic E-state index is 11.3. The van der Waals surface area contributed by atoms with E-state index in [9.17, 15) is 4.79 Å². The molecule has 0 radical (unpaired) electrons. The van der Waals surface area contributed by atoms with E-state index in [0.29, 0.717) is 13.0 Å². The Balaban J connectivity index is 4.28. The number of ether oxygens (including phenoxy) is 1. The molecule has 0 spiro atoms. The van der Waals surface area contributed by atoms with Crippen LogP contribution in [-0.4, -0.2) is 30.7 Å². The minimum atomic E-state index is -0.663. The lowest BCUT2D eigenvalue weighted by atomic mass is 9.94. The van der Waals surface area contributed by atoms with Gasteiger partial charge in [0.05, 0.1) is 11.6 Å². The van der Waals surface area contributed by atoms with Crippen LogP contribution in [0.15, 0.2) is 0 Å². The molecule has 3 N–H and O–H groups in total. The Hall–Kier alpha value is -0.610. The van der Waals surface area contributed by atoms with Crippen LogP contribution < -0.4 is 11.1 Å². The number of rotatable bonds is 7. The van der Waals surface area contributed by atoms with Gasteiger partial charge < -0.3 is 15.8 Å². The molecule has 0 aromatic rings. The van der Waals surface area contributed by atoms with Crippen molar-refractivity contribution in [1.82, 2.24) is 5.32 Å². The van der Waals surface area contributed by atoms with Crippen LogP contribution in [0.2, 0.25) is 0 Å². The molecule has 14 heavy (non-hydrogen) atoms. The number of likely N-dealkylation sites (N-methyl/N-ethyl adjacent to an activating group) is 1. The molecule has 4 heteroatoms. The van der Waals surface area contributed by atoms with E-state index in [1.807, 2.05) is 27.7 Å². The van der Waals surface area contributed by atoms with Crippen molar-refractivity contribution >= 4 is 5.91 Å². The van der Waals surface area contributed by atoms with Gasteiger partial charge in [-0.1, -0.05) is 6.92 Å². The van der Waals surface area contributed by atoms with Gasteiger partial charge in [-0.05, 0) is 27.3 Å². The third-order valence-corrected chi connectivity index (χ3v) is 2.26. The van der Waals surface area contributed by atoms with Gasteiger partial charge >= 0.3 is 0 Å². The standard InChI is InChI=1S/C10H22N2O2/c1-5-12-10(4,9(11)13)7-8(3)14-6-2/h8,12H,5-7H2,1-4H3,(H2,11,13). The fraction of sp³-hybridized carbons (Fsp3) is 0.900. The number of amides is 1. The Kier molecular flexibility index (Phi) is 5.72. The highest BCUT2D eigenvalue weighted by molar-refractivity contribution is 5.84. The van der Waals surface area contributed by atoms with Crippen LogP contribution in [-0.2, 0) is 9.53 Å². The van der Waals surface area contributed by atoms with Crippen molar-refractivity contribution in [3.63, 3.8) is 0 Å². The van der Waals surface area contributed by atoms with Gasteiger partial charge in [0.1, 0.15) is 0 Å². The van der Waals surface area contributed by atoms with Crippen LogP contribution in [0.4, 0.5) is 0 Å². The number of carbonyl (C=O) groups excluding carboxylic acids is 1. The number of carbonyl (C=O) groups is 1. The van der Waals surface area contributed by atoms with Crippen molar-refractivity contribution in [3.8, 4) is 0 Å². The Morgan fingerprint density at radius 3 is 2.50 bits per heavy atom. The summed E-state index contributed by atoms with van der Waals surface area (Å²) >= 11 is 0. The zero-order chi connectivity index (χ0) is 11.2. The highest BCUT2D eigenvalue weighted by Gasteiger charge is 2.31. The quantitative estimate of drug-likeness (QED) is 0.637. The first-order valence-corrected chi connectivity index (χ1v) is 5.12. The van der Waals surface area contributed by atoms with E-state index >= 15 is 0 Å². The number of hydrogen-bond acceptors (Lipinski definition) is 3. The minimum absolute atomic E-state index is 0.0385. The second kappa shape index (κ2) is 5.98. The van der Waals surface area contributed by atoms with Crippen LogP contribution in [0.1, 0.15) is 34.1 Å². The van der Waals surface area contributed by atoms with Crippen molar-refractivity contribution in [3.05, 3.63) is 0 Å². The second-order valence-corrected chi connectivity index (χ2v) is 3.70. The van der Waals surface area contributed by atoms with Crippen LogP contribution in [0.5, 0.6) is 0 Å². The third kappa shape index (κ3) is 4.07. The van der Waals surface area contributed by atoms with Gasteiger partial charge in [-0.15, -0.1) is 0 Å². The first kappa shape index (κ1) is 13.4. The Labute approximate surface area is 86.2 Å². The predicted octanol–water partition coefficient (Wildman–Crippen LogP) is 0.655. The summed E-state index contributed by atoms with van der Waals surface area (Å²) in [4.78, 5) is 11.3. The highest BCUT2D eigenvalue weighted by Crippen LogP contribution is 2.13. The van der Waals surface area contributed by atoms with Crippen molar-refractivity contribution in [2.45, 2.75) is 45.8 Å². The van der Waals surface area contributed by atoms with Crippen LogP contribution in [0.3, 0.4) is 0 Å². The van der Waals surface area contributed by atoms with Gasteiger partial charge in [0.15, 0.2) is 0 Å². The number of nitrogens with one attached hydrogen (secondary N) is 1. The minimum Gasteiger partial charge on any atom is -0.379 e. The molecular formula is C10H22N2O2. The van der Waals surface area contributed by atoms with E-state index in [-0.39, 0.29) is 12.0 Å². The molecule has 4 nitrogen and oxygen atoms in total. The van der Waals surface area contributed by atoms with Gasteiger partial charge in [-0.2, -0.15) is 0 Å². The normalized spacial score (nSPS) is 17.4. The topological polar surface area (TPSA) is 64.3 Å². The van der Waals surface area contributed by atoms with Gasteiger partial charge in [0, 0.05) is 13.0 Å². The second-order valence-electron chi connectivity index (χ2n) is 3.70. The third-order valence-electron chi connectivity index (χ3n) is 2.26. The molecule has 0 saturated carbocycles. The summed E-state index contributed by atoms with van der Waals surface area (Å²) in [6.45, 7) is 9.02. The largest absolute Gasteiger partial charge is 0.379 e. The van der Waals surface area contributed by atoms with E-state index < -0.39 is 5.54 Å². The van der Waals surface area contributed by atoms with Crippen LogP contribution in [0.25, 0.3) is 0 Å². The summed E-state index contributed by atoms with van der Waals surface area (Å²) in [5, 5.41) is 3.09. The lowest BCUT2D eigenvalue weighted by Gasteiger charge is -2.29. The maximum absolute atomic E-state index is 11.3. The monoisotopic (exact) mass is 202 g/mol. The molecule has 0 aliphatic rings. The fourth-order valence-electron chi connectivity index (χ4n) is 1.57. The highest BCUT2D eigenvalue weighted by atomic mass is 16.5. The van der Waals surface area contributed by atoms with Gasteiger partial charge in [-0.25, -0.2) is 0 Å². The van der Waals surface area contributed by atoms with E-state index in [0.717, 1.165) is 6.54 Å². The Morgan fingerprint density at radius 1 is 1.57 bits per heavy atom. The van der Waals surface area contributed by atoms with Gasteiger partial charge in [0.25, 0.3) is 0 Å². The molecule has 0 saturated heterocycles. The van der Waals surface area contributed by atoms with Crippen molar-refractivity contribution in [1.29, 1.82) is 0 Å². The molecule has 0 aromatic heterocycles. The summed E-state index contributed by atoms with van der Waals surface area (Å²) in [5.74, 6) is -0.328. The average Bonchev–Trinajstić information content (AvgIpc) is 2.04. The first-order valence-electron chi connectivity index (χ1n) is 5.12. The van der Waals surface area contributed by atoms with E-state index in [2.05, 4.69) is 5.32 Å². The molecule has 0 aliphatic carbocycles. The zero-order valence-electron chi connectivity index (χ0n) is 9.59. The van der Waals surface area contributed by atoms with Crippen LogP contribution in [0, 0.1) is 0 Å². The summed E-state index contributed by atoms with van der Waals surface area (Å²) in [6, 6.07) is 0. The molecule has 0 bridgehead atoms. The summed E-state index contributed by atoms with van der Waals surface area (Å²) in [7, 11) is 0. The first-order chi connectivity index (χ1) is 6.46. The van der Waals surface area contributed by atoms with Gasteiger partial charge in [0.2, 0.25) is 5.91 Å².